The van der Waals surface area contributed by atoms with E-state index in [4.69, 9.17) is 32.7 Å². The smallest absolute Gasteiger partial charge is 0.293 e. The lowest BCUT2D eigenvalue weighted by Gasteiger charge is -2.14. The number of amides is 3. The Kier molecular flexibility index (Phi) is 9.24. The molecule has 3 amide bonds. The molecule has 7 nitrogen and oxygen atoms in total. The van der Waals surface area contributed by atoms with Crippen LogP contribution in [-0.4, -0.2) is 35.7 Å². The second-order valence-electron chi connectivity index (χ2n) is 8.19. The third kappa shape index (κ3) is 6.63. The van der Waals surface area contributed by atoms with Crippen molar-refractivity contribution in [2.75, 3.05) is 19.0 Å². The molecule has 1 aliphatic rings. The summed E-state index contributed by atoms with van der Waals surface area (Å²) in [6, 6.07) is 15.8. The number of imide groups is 1. The second-order valence-corrected chi connectivity index (χ2v) is 11.2. The summed E-state index contributed by atoms with van der Waals surface area (Å²) in [7, 11) is 1.48. The number of halogens is 3. The summed E-state index contributed by atoms with van der Waals surface area (Å²) in [5.74, 6) is -0.0000619. The highest BCUT2D eigenvalue weighted by molar-refractivity contribution is 14.1. The van der Waals surface area contributed by atoms with Crippen LogP contribution in [0.1, 0.15) is 16.7 Å². The third-order valence-electron chi connectivity index (χ3n) is 5.51. The van der Waals surface area contributed by atoms with Gasteiger partial charge in [-0.3, -0.25) is 19.3 Å². The zero-order chi connectivity index (χ0) is 27.4. The standard InChI is InChI=1S/C27H21Cl2IN2O5S/c1-15-7-8-18(12-20(15)29)31-24(33)14-37-25-21(30)9-16(10-22(25)36-2)11-23-26(34)32(27(35)38-23)13-17-5-3-4-6-19(17)28/h3-12H,13-14H2,1-2H3,(H,31,33)/b23-11-. The van der Waals surface area contributed by atoms with Gasteiger partial charge in [0.1, 0.15) is 0 Å². The van der Waals surface area contributed by atoms with Crippen LogP contribution < -0.4 is 14.8 Å². The van der Waals surface area contributed by atoms with E-state index in [-0.39, 0.29) is 29.2 Å². The molecule has 0 aliphatic carbocycles. The van der Waals surface area contributed by atoms with Gasteiger partial charge in [-0.15, -0.1) is 0 Å². The Labute approximate surface area is 247 Å². The van der Waals surface area contributed by atoms with Crippen LogP contribution in [0.2, 0.25) is 10.0 Å². The molecule has 11 heteroatoms. The van der Waals surface area contributed by atoms with Crippen molar-refractivity contribution in [1.82, 2.24) is 4.90 Å². The maximum Gasteiger partial charge on any atom is 0.293 e. The Morgan fingerprint density at radius 3 is 2.58 bits per heavy atom. The van der Waals surface area contributed by atoms with Crippen LogP contribution in [0.25, 0.3) is 6.08 Å². The van der Waals surface area contributed by atoms with Crippen LogP contribution >= 0.6 is 57.6 Å². The fourth-order valence-corrected chi connectivity index (χ4v) is 5.55. The normalized spacial score (nSPS) is 14.2. The number of rotatable bonds is 8. The number of ether oxygens (including phenoxy) is 2. The van der Waals surface area contributed by atoms with E-state index in [1.165, 1.54) is 7.11 Å². The molecule has 0 bridgehead atoms. The van der Waals surface area contributed by atoms with Crippen LogP contribution in [0.3, 0.4) is 0 Å². The predicted octanol–water partition coefficient (Wildman–Crippen LogP) is 7.17. The molecule has 3 aromatic carbocycles. The monoisotopic (exact) mass is 682 g/mol. The van der Waals surface area contributed by atoms with Gasteiger partial charge in [0.2, 0.25) is 0 Å². The lowest BCUT2D eigenvalue weighted by atomic mass is 10.1. The van der Waals surface area contributed by atoms with Crippen LogP contribution in [0.4, 0.5) is 10.5 Å². The van der Waals surface area contributed by atoms with E-state index in [1.807, 2.05) is 13.0 Å². The van der Waals surface area contributed by atoms with Crippen LogP contribution in [0, 0.1) is 10.5 Å². The summed E-state index contributed by atoms with van der Waals surface area (Å²) in [4.78, 5) is 39.4. The van der Waals surface area contributed by atoms with Crippen molar-refractivity contribution in [2.45, 2.75) is 13.5 Å². The van der Waals surface area contributed by atoms with Gasteiger partial charge in [-0.2, -0.15) is 0 Å². The van der Waals surface area contributed by atoms with Crippen molar-refractivity contribution >= 4 is 86.4 Å². The van der Waals surface area contributed by atoms with Crippen molar-refractivity contribution < 1.29 is 23.9 Å². The predicted molar refractivity (Wildman–Crippen MR) is 159 cm³/mol. The first-order valence-corrected chi connectivity index (χ1v) is 13.9. The SMILES string of the molecule is COc1cc(/C=C2\SC(=O)N(Cc3ccccc3Cl)C2=O)cc(I)c1OCC(=O)Nc1ccc(C)c(Cl)c1. The first kappa shape index (κ1) is 28.3. The van der Waals surface area contributed by atoms with E-state index in [1.54, 1.807) is 54.6 Å². The summed E-state index contributed by atoms with van der Waals surface area (Å²) in [5, 5.41) is 3.41. The van der Waals surface area contributed by atoms with Crippen molar-refractivity contribution in [3.05, 3.63) is 89.8 Å². The minimum absolute atomic E-state index is 0.0895. The number of methoxy groups -OCH3 is 1. The summed E-state index contributed by atoms with van der Waals surface area (Å²) in [6.45, 7) is 1.71. The first-order chi connectivity index (χ1) is 18.2. The number of carbonyl (C=O) groups excluding carboxylic acids is 3. The van der Waals surface area contributed by atoms with E-state index in [2.05, 4.69) is 27.9 Å². The van der Waals surface area contributed by atoms with Crippen LogP contribution in [0.5, 0.6) is 11.5 Å². The summed E-state index contributed by atoms with van der Waals surface area (Å²) in [6.07, 6.45) is 1.62. The van der Waals surface area contributed by atoms with Crippen molar-refractivity contribution in [1.29, 1.82) is 0 Å². The summed E-state index contributed by atoms with van der Waals surface area (Å²) in [5.41, 5.74) is 2.80. The molecule has 38 heavy (non-hydrogen) atoms. The Hall–Kier alpha value is -2.73. The van der Waals surface area contributed by atoms with E-state index in [0.29, 0.717) is 41.9 Å². The summed E-state index contributed by atoms with van der Waals surface area (Å²) < 4.78 is 11.9. The van der Waals surface area contributed by atoms with Gasteiger partial charge in [0.05, 0.1) is 22.1 Å². The van der Waals surface area contributed by atoms with E-state index in [9.17, 15) is 14.4 Å². The number of benzene rings is 3. The molecule has 0 radical (unpaired) electrons. The zero-order valence-electron chi connectivity index (χ0n) is 20.2. The highest BCUT2D eigenvalue weighted by Crippen LogP contribution is 2.38. The average molecular weight is 683 g/mol. The molecule has 0 aromatic heterocycles. The largest absolute Gasteiger partial charge is 0.493 e. The number of aryl methyl sites for hydroxylation is 1. The Morgan fingerprint density at radius 2 is 1.87 bits per heavy atom. The van der Waals surface area contributed by atoms with Gasteiger partial charge in [-0.1, -0.05) is 47.5 Å². The first-order valence-electron chi connectivity index (χ1n) is 11.2. The van der Waals surface area contributed by atoms with Crippen LogP contribution in [0.15, 0.2) is 59.5 Å². The maximum absolute atomic E-state index is 13.0. The topological polar surface area (TPSA) is 84.9 Å². The number of carbonyl (C=O) groups is 3. The number of nitrogens with zero attached hydrogens (tertiary/aromatic N) is 1. The highest BCUT2D eigenvalue weighted by Gasteiger charge is 2.35. The van der Waals surface area contributed by atoms with Gasteiger partial charge in [-0.25, -0.2) is 0 Å². The Balaban J connectivity index is 1.47. The van der Waals surface area contributed by atoms with Gasteiger partial charge in [0.25, 0.3) is 17.1 Å². The molecule has 196 valence electrons. The number of hydrogen-bond acceptors (Lipinski definition) is 6. The molecular weight excluding hydrogens is 662 g/mol. The fourth-order valence-electron chi connectivity index (χ4n) is 3.55. The number of thioether (sulfide) groups is 1. The molecule has 4 rings (SSSR count). The van der Waals surface area contributed by atoms with Crippen molar-refractivity contribution in [3.63, 3.8) is 0 Å². The highest BCUT2D eigenvalue weighted by atomic mass is 127. The van der Waals surface area contributed by atoms with Gasteiger partial charge in [0.15, 0.2) is 18.1 Å². The fraction of sp³-hybridized carbons (Fsp3) is 0.148. The van der Waals surface area contributed by atoms with E-state index >= 15 is 0 Å². The molecule has 1 fully saturated rings. The molecule has 1 aliphatic heterocycles. The molecule has 1 heterocycles. The number of anilines is 1. The molecule has 0 unspecified atom stereocenters. The molecule has 1 N–H and O–H groups in total. The lowest BCUT2D eigenvalue weighted by molar-refractivity contribution is -0.123. The van der Waals surface area contributed by atoms with Gasteiger partial charge < -0.3 is 14.8 Å². The summed E-state index contributed by atoms with van der Waals surface area (Å²) >= 11 is 15.2. The minimum atomic E-state index is -0.401. The van der Waals surface area contributed by atoms with Crippen molar-refractivity contribution in [2.24, 2.45) is 0 Å². The molecule has 3 aromatic rings. The molecule has 0 spiro atoms. The van der Waals surface area contributed by atoms with E-state index < -0.39 is 5.91 Å². The maximum atomic E-state index is 13.0. The van der Waals surface area contributed by atoms with Gasteiger partial charge >= 0.3 is 0 Å². The molecule has 0 atom stereocenters. The quantitative estimate of drug-likeness (QED) is 0.200. The van der Waals surface area contributed by atoms with Gasteiger partial charge in [-0.05, 0) is 94.4 Å². The molecular formula is C27H21Cl2IN2O5S. The number of hydrogen-bond donors (Lipinski definition) is 1. The van der Waals surface area contributed by atoms with E-state index in [0.717, 1.165) is 22.2 Å². The minimum Gasteiger partial charge on any atom is -0.493 e. The Bertz CT molecular complexity index is 1460. The molecule has 1 saturated heterocycles. The van der Waals surface area contributed by atoms with Crippen molar-refractivity contribution in [3.8, 4) is 11.5 Å². The second kappa shape index (κ2) is 12.4. The lowest BCUT2D eigenvalue weighted by Crippen LogP contribution is -2.27. The Morgan fingerprint density at radius 1 is 1.11 bits per heavy atom. The van der Waals surface area contributed by atoms with Gasteiger partial charge in [0, 0.05) is 15.7 Å². The zero-order valence-corrected chi connectivity index (χ0v) is 24.7. The third-order valence-corrected chi connectivity index (χ3v) is 8.00. The molecule has 0 saturated carbocycles. The average Bonchev–Trinajstić information content (AvgIpc) is 3.13. The number of nitrogens with one attached hydrogen (secondary N) is 1. The van der Waals surface area contributed by atoms with Crippen LogP contribution in [-0.2, 0) is 16.1 Å².